The summed E-state index contributed by atoms with van der Waals surface area (Å²) in [6.45, 7) is 4.54. The molecule has 23 heavy (non-hydrogen) atoms. The second-order valence-electron chi connectivity index (χ2n) is 5.78. The normalized spacial score (nSPS) is 21.3. The van der Waals surface area contributed by atoms with Gasteiger partial charge in [0.15, 0.2) is 0 Å². The van der Waals surface area contributed by atoms with Crippen LogP contribution in [0.15, 0.2) is 40.8 Å². The minimum absolute atomic E-state index is 0.0527. The molecule has 2 rings (SSSR count). The Bertz CT molecular complexity index is 692. The highest BCUT2D eigenvalue weighted by Crippen LogP contribution is 2.30. The predicted octanol–water partition coefficient (Wildman–Crippen LogP) is 2.52. The Morgan fingerprint density at radius 1 is 1.35 bits per heavy atom. The largest absolute Gasteiger partial charge is 0.469 e. The lowest BCUT2D eigenvalue weighted by molar-refractivity contribution is -0.141. The molecule has 0 aliphatic carbocycles. The minimum atomic E-state index is -3.50. The number of benzene rings is 1. The van der Waals surface area contributed by atoms with Crippen LogP contribution < -0.4 is 0 Å². The number of hydrogen-bond acceptors (Lipinski definition) is 4. The van der Waals surface area contributed by atoms with Gasteiger partial charge in [0, 0.05) is 13.1 Å². The number of methoxy groups -OCH3 is 1. The Morgan fingerprint density at radius 3 is 2.57 bits per heavy atom. The predicted molar refractivity (Wildman–Crippen MR) is 88.4 cm³/mol. The summed E-state index contributed by atoms with van der Waals surface area (Å²) < 4.78 is 31.7. The van der Waals surface area contributed by atoms with Gasteiger partial charge < -0.3 is 4.74 Å². The summed E-state index contributed by atoms with van der Waals surface area (Å²) in [6.07, 6.45) is 2.83. The van der Waals surface area contributed by atoms with Gasteiger partial charge in [-0.05, 0) is 38.3 Å². The van der Waals surface area contributed by atoms with Gasteiger partial charge in [0.1, 0.15) is 0 Å². The average Bonchev–Trinajstić information content (AvgIpc) is 2.55. The van der Waals surface area contributed by atoms with Crippen molar-refractivity contribution in [3.05, 3.63) is 41.5 Å². The Kier molecular flexibility index (Phi) is 5.59. The van der Waals surface area contributed by atoms with E-state index in [0.717, 1.165) is 11.1 Å². The van der Waals surface area contributed by atoms with Crippen molar-refractivity contribution in [3.63, 3.8) is 0 Å². The van der Waals surface area contributed by atoms with Crippen molar-refractivity contribution in [1.29, 1.82) is 0 Å². The molecular formula is C17H23NO4S. The number of piperidine rings is 1. The summed E-state index contributed by atoms with van der Waals surface area (Å²) >= 11 is 0. The molecule has 1 aromatic carbocycles. The van der Waals surface area contributed by atoms with Gasteiger partial charge in [0.05, 0.1) is 18.4 Å². The summed E-state index contributed by atoms with van der Waals surface area (Å²) in [4.78, 5) is 11.8. The maximum absolute atomic E-state index is 12.8. The number of sulfonamides is 1. The van der Waals surface area contributed by atoms with Crippen molar-refractivity contribution in [3.8, 4) is 0 Å². The van der Waals surface area contributed by atoms with E-state index in [-0.39, 0.29) is 11.9 Å². The number of esters is 1. The summed E-state index contributed by atoms with van der Waals surface area (Å²) in [5, 5.41) is 0. The van der Waals surface area contributed by atoms with E-state index in [9.17, 15) is 13.2 Å². The van der Waals surface area contributed by atoms with Crippen molar-refractivity contribution >= 4 is 16.0 Å². The van der Waals surface area contributed by atoms with E-state index >= 15 is 0 Å². The molecule has 0 radical (unpaired) electrons. The van der Waals surface area contributed by atoms with Crippen LogP contribution in [0.5, 0.6) is 0 Å². The van der Waals surface area contributed by atoms with E-state index < -0.39 is 10.0 Å². The maximum Gasteiger partial charge on any atom is 0.306 e. The van der Waals surface area contributed by atoms with Crippen LogP contribution in [0.25, 0.3) is 0 Å². The Morgan fingerprint density at radius 2 is 2.00 bits per heavy atom. The molecule has 1 fully saturated rings. The Balaban J connectivity index is 2.17. The van der Waals surface area contributed by atoms with Crippen LogP contribution in [0.2, 0.25) is 0 Å². The van der Waals surface area contributed by atoms with Crippen molar-refractivity contribution in [2.75, 3.05) is 20.2 Å². The third kappa shape index (κ3) is 4.00. The number of rotatable bonds is 4. The lowest BCUT2D eigenvalue weighted by Crippen LogP contribution is -2.40. The van der Waals surface area contributed by atoms with Crippen LogP contribution in [0.4, 0.5) is 0 Å². The first-order chi connectivity index (χ1) is 10.9. The summed E-state index contributed by atoms with van der Waals surface area (Å²) in [5.41, 5.74) is 1.99. The molecule has 0 N–H and O–H groups in total. The molecule has 1 atom stereocenters. The molecule has 1 aliphatic heterocycles. The number of carbonyl (C=O) groups excluding carboxylic acids is 1. The van der Waals surface area contributed by atoms with Gasteiger partial charge in [0.25, 0.3) is 0 Å². The zero-order valence-electron chi connectivity index (χ0n) is 13.8. The van der Waals surface area contributed by atoms with Gasteiger partial charge in [-0.1, -0.05) is 29.3 Å². The van der Waals surface area contributed by atoms with Crippen LogP contribution >= 0.6 is 0 Å². The van der Waals surface area contributed by atoms with E-state index in [1.807, 2.05) is 19.9 Å². The molecule has 5 nitrogen and oxygen atoms in total. The molecule has 0 amide bonds. The average molecular weight is 337 g/mol. The molecule has 0 saturated carbocycles. The van der Waals surface area contributed by atoms with Crippen molar-refractivity contribution in [2.45, 2.75) is 31.6 Å². The highest BCUT2D eigenvalue weighted by atomic mass is 32.2. The van der Waals surface area contributed by atoms with E-state index in [1.165, 1.54) is 11.4 Å². The van der Waals surface area contributed by atoms with Crippen LogP contribution in [0, 0.1) is 12.8 Å². The molecule has 126 valence electrons. The van der Waals surface area contributed by atoms with Gasteiger partial charge in [-0.15, -0.1) is 0 Å². The first-order valence-electron chi connectivity index (χ1n) is 7.67. The van der Waals surface area contributed by atoms with E-state index in [1.54, 1.807) is 24.3 Å². The third-order valence-corrected chi connectivity index (χ3v) is 6.14. The fourth-order valence-electron chi connectivity index (χ4n) is 2.81. The summed E-state index contributed by atoms with van der Waals surface area (Å²) in [5.74, 6) is -0.207. The monoisotopic (exact) mass is 337 g/mol. The second-order valence-corrected chi connectivity index (χ2v) is 7.72. The van der Waals surface area contributed by atoms with E-state index in [0.29, 0.717) is 30.8 Å². The summed E-state index contributed by atoms with van der Waals surface area (Å²) in [7, 11) is -2.13. The minimum Gasteiger partial charge on any atom is -0.469 e. The molecule has 0 unspecified atom stereocenters. The van der Waals surface area contributed by atoms with Gasteiger partial charge >= 0.3 is 5.97 Å². The highest BCUT2D eigenvalue weighted by molar-refractivity contribution is 7.89. The van der Waals surface area contributed by atoms with Crippen LogP contribution in [0.3, 0.4) is 0 Å². The molecule has 1 aliphatic rings. The zero-order valence-corrected chi connectivity index (χ0v) is 14.6. The quantitative estimate of drug-likeness (QED) is 0.625. The van der Waals surface area contributed by atoms with Crippen LogP contribution in [0.1, 0.15) is 25.3 Å². The SMILES string of the molecule is C/C=C1\CN(S(=O)(=O)c2ccc(C)cc2)CC[C@@H]1CC(=O)OC. The van der Waals surface area contributed by atoms with Gasteiger partial charge in [-0.3, -0.25) is 4.79 Å². The molecule has 0 spiro atoms. The van der Waals surface area contributed by atoms with Crippen molar-refractivity contribution in [2.24, 2.45) is 5.92 Å². The standard InChI is InChI=1S/C17H23NO4S/c1-4-14-12-18(10-9-15(14)11-17(19)22-3)23(20,21)16-7-5-13(2)6-8-16/h4-8,15H,9-12H2,1-3H3/b14-4+/t15-/m1/s1. The van der Waals surface area contributed by atoms with Gasteiger partial charge in [-0.25, -0.2) is 8.42 Å². The second kappa shape index (κ2) is 7.27. The highest BCUT2D eigenvalue weighted by Gasteiger charge is 2.32. The van der Waals surface area contributed by atoms with Gasteiger partial charge in [0.2, 0.25) is 10.0 Å². The first kappa shape index (κ1) is 17.7. The third-order valence-electron chi connectivity index (χ3n) is 4.28. The number of allylic oxidation sites excluding steroid dienone is 1. The molecule has 0 bridgehead atoms. The molecule has 1 saturated heterocycles. The first-order valence-corrected chi connectivity index (χ1v) is 9.11. The number of aryl methyl sites for hydroxylation is 1. The number of carbonyl (C=O) groups is 1. The Labute approximate surface area is 138 Å². The zero-order chi connectivity index (χ0) is 17.0. The fraction of sp³-hybridized carbons (Fsp3) is 0.471. The van der Waals surface area contributed by atoms with Crippen molar-refractivity contribution < 1.29 is 17.9 Å². The van der Waals surface area contributed by atoms with Crippen LogP contribution in [-0.2, 0) is 19.6 Å². The number of ether oxygens (including phenoxy) is 1. The lowest BCUT2D eigenvalue weighted by Gasteiger charge is -2.33. The molecule has 6 heteroatoms. The van der Waals surface area contributed by atoms with Crippen LogP contribution in [-0.4, -0.2) is 38.9 Å². The lowest BCUT2D eigenvalue weighted by atomic mass is 9.89. The molecule has 1 aromatic rings. The van der Waals surface area contributed by atoms with Crippen molar-refractivity contribution in [1.82, 2.24) is 4.31 Å². The topological polar surface area (TPSA) is 63.7 Å². The van der Waals surface area contributed by atoms with Gasteiger partial charge in [-0.2, -0.15) is 4.31 Å². The maximum atomic E-state index is 12.8. The fourth-order valence-corrected chi connectivity index (χ4v) is 4.25. The molecule has 0 aromatic heterocycles. The number of hydrogen-bond donors (Lipinski definition) is 0. The van der Waals surface area contributed by atoms with E-state index in [2.05, 4.69) is 0 Å². The van der Waals surface area contributed by atoms with E-state index in [4.69, 9.17) is 4.74 Å². The smallest absolute Gasteiger partial charge is 0.306 e. The Hall–Kier alpha value is -1.66. The molecule has 1 heterocycles. The molecular weight excluding hydrogens is 314 g/mol. The summed E-state index contributed by atoms with van der Waals surface area (Å²) in [6, 6.07) is 6.88. The number of nitrogens with zero attached hydrogens (tertiary/aromatic N) is 1.